The molecule has 6 heteroatoms. The molecule has 0 fully saturated rings. The predicted molar refractivity (Wildman–Crippen MR) is 50.3 cm³/mol. The third-order valence-corrected chi connectivity index (χ3v) is 1.88. The second kappa shape index (κ2) is 5.32. The van der Waals surface area contributed by atoms with Crippen molar-refractivity contribution in [2.75, 3.05) is 0 Å². The van der Waals surface area contributed by atoms with Crippen molar-refractivity contribution in [3.05, 3.63) is 12.2 Å². The van der Waals surface area contributed by atoms with E-state index in [4.69, 9.17) is 0 Å². The van der Waals surface area contributed by atoms with Crippen molar-refractivity contribution in [3.63, 3.8) is 0 Å². The molecular weight excluding hydrogens is 228 g/mol. The van der Waals surface area contributed by atoms with Gasteiger partial charge in [0.05, 0.1) is 0 Å². The highest BCUT2D eigenvalue weighted by Crippen LogP contribution is 2.39. The van der Waals surface area contributed by atoms with Crippen molar-refractivity contribution in [1.82, 2.24) is 0 Å². The minimum Gasteiger partial charge on any atom is -0.416 e. The summed E-state index contributed by atoms with van der Waals surface area (Å²) in [5.74, 6) is -5.30. The van der Waals surface area contributed by atoms with Gasteiger partial charge in [0.2, 0.25) is 0 Å². The fourth-order valence-corrected chi connectivity index (χ4v) is 0.889. The van der Waals surface area contributed by atoms with Crippen molar-refractivity contribution in [2.45, 2.75) is 45.1 Å². The normalized spacial score (nSPS) is 15.4. The number of carbonyl (C=O) groups excluding carboxylic acids is 1. The van der Waals surface area contributed by atoms with Crippen molar-refractivity contribution in [3.8, 4) is 0 Å². The predicted octanol–water partition coefficient (Wildman–Crippen LogP) is 3.52. The molecule has 0 aromatic heterocycles. The van der Waals surface area contributed by atoms with Crippen molar-refractivity contribution in [2.24, 2.45) is 0 Å². The number of unbranched alkanes of at least 4 members (excludes halogenated alkanes) is 1. The lowest BCUT2D eigenvalue weighted by molar-refractivity contribution is -0.321. The van der Waals surface area contributed by atoms with Crippen molar-refractivity contribution in [1.29, 1.82) is 0 Å². The van der Waals surface area contributed by atoms with Gasteiger partial charge in [0, 0.05) is 12.0 Å². The minimum absolute atomic E-state index is 0.0283. The Balaban J connectivity index is 4.80. The van der Waals surface area contributed by atoms with E-state index in [0.29, 0.717) is 6.42 Å². The number of rotatable bonds is 5. The third-order valence-electron chi connectivity index (χ3n) is 1.88. The lowest BCUT2D eigenvalue weighted by atomic mass is 10.1. The van der Waals surface area contributed by atoms with E-state index in [0.717, 1.165) is 6.92 Å². The van der Waals surface area contributed by atoms with Gasteiger partial charge >= 0.3 is 18.0 Å². The maximum Gasteiger partial charge on any atom is 0.460 e. The summed E-state index contributed by atoms with van der Waals surface area (Å²) in [6, 6.07) is 0. The van der Waals surface area contributed by atoms with Gasteiger partial charge in [-0.1, -0.05) is 19.9 Å². The van der Waals surface area contributed by atoms with Gasteiger partial charge in [-0.15, -0.1) is 0 Å². The van der Waals surface area contributed by atoms with Crippen LogP contribution < -0.4 is 0 Å². The van der Waals surface area contributed by atoms with Crippen LogP contribution in [0, 0.1) is 0 Å². The van der Waals surface area contributed by atoms with E-state index in [1.165, 1.54) is 0 Å². The summed E-state index contributed by atoms with van der Waals surface area (Å²) in [6.45, 7) is 5.85. The molecule has 0 bridgehead atoms. The fraction of sp³-hybridized carbons (Fsp3) is 0.700. The van der Waals surface area contributed by atoms with E-state index in [9.17, 15) is 22.4 Å². The summed E-state index contributed by atoms with van der Waals surface area (Å²) in [7, 11) is 0. The topological polar surface area (TPSA) is 26.3 Å². The average Bonchev–Trinajstić information content (AvgIpc) is 2.12. The lowest BCUT2D eigenvalue weighted by Gasteiger charge is -2.27. The molecule has 0 saturated carbocycles. The van der Waals surface area contributed by atoms with Gasteiger partial charge in [-0.2, -0.15) is 17.6 Å². The van der Waals surface area contributed by atoms with Gasteiger partial charge in [0.1, 0.15) is 0 Å². The maximum atomic E-state index is 13.5. The van der Waals surface area contributed by atoms with E-state index in [1.807, 2.05) is 0 Å². The Hall–Kier alpha value is -1.07. The highest BCUT2D eigenvalue weighted by molar-refractivity contribution is 5.87. The van der Waals surface area contributed by atoms with Crippen LogP contribution in [0.15, 0.2) is 12.2 Å². The Morgan fingerprint density at radius 3 is 2.12 bits per heavy atom. The summed E-state index contributed by atoms with van der Waals surface area (Å²) in [6.07, 6.45) is -5.79. The fourth-order valence-electron chi connectivity index (χ4n) is 0.889. The first kappa shape index (κ1) is 14.9. The van der Waals surface area contributed by atoms with Crippen LogP contribution in [0.2, 0.25) is 0 Å². The number of esters is 1. The molecule has 0 radical (unpaired) electrons. The van der Waals surface area contributed by atoms with Gasteiger partial charge in [0.25, 0.3) is 0 Å². The number of ether oxygens (including phenoxy) is 1. The molecule has 0 saturated heterocycles. The molecule has 0 aromatic carbocycles. The molecule has 0 spiro atoms. The quantitative estimate of drug-likeness (QED) is 0.419. The zero-order valence-electron chi connectivity index (χ0n) is 9.16. The monoisotopic (exact) mass is 242 g/mol. The number of hydrogen-bond donors (Lipinski definition) is 0. The standard InChI is InChI=1S/C10H14F4O2/c1-4-5-6-9(11,10(12,13)14)16-8(15)7(2)3/h2,4-6H2,1,3H3. The Bertz CT molecular complexity index is 272. The van der Waals surface area contributed by atoms with Crippen molar-refractivity contribution >= 4 is 5.97 Å². The van der Waals surface area contributed by atoms with Crippen LogP contribution in [0.1, 0.15) is 33.1 Å². The number of alkyl halides is 4. The summed E-state index contributed by atoms with van der Waals surface area (Å²) in [5, 5.41) is 0. The van der Waals surface area contributed by atoms with E-state index in [2.05, 4.69) is 11.3 Å². The van der Waals surface area contributed by atoms with Gasteiger partial charge in [-0.25, -0.2) is 4.79 Å². The first-order valence-corrected chi connectivity index (χ1v) is 4.78. The summed E-state index contributed by atoms with van der Waals surface area (Å²) in [5.41, 5.74) is -0.275. The summed E-state index contributed by atoms with van der Waals surface area (Å²) in [4.78, 5) is 10.9. The second-order valence-corrected chi connectivity index (χ2v) is 3.50. The molecule has 0 aliphatic carbocycles. The van der Waals surface area contributed by atoms with Gasteiger partial charge in [0.15, 0.2) is 0 Å². The molecule has 0 rings (SSSR count). The molecule has 0 aliphatic rings. The second-order valence-electron chi connectivity index (χ2n) is 3.50. The zero-order valence-corrected chi connectivity index (χ0v) is 9.16. The molecule has 0 heterocycles. The highest BCUT2D eigenvalue weighted by atomic mass is 19.4. The number of carbonyl (C=O) groups is 1. The Morgan fingerprint density at radius 1 is 1.31 bits per heavy atom. The molecule has 16 heavy (non-hydrogen) atoms. The molecule has 0 aromatic rings. The van der Waals surface area contributed by atoms with E-state index < -0.39 is 24.4 Å². The molecule has 1 unspecified atom stereocenters. The van der Waals surface area contributed by atoms with Crippen molar-refractivity contribution < 1.29 is 27.1 Å². The van der Waals surface area contributed by atoms with Crippen LogP contribution in [-0.4, -0.2) is 18.0 Å². The Labute approximate surface area is 91.3 Å². The van der Waals surface area contributed by atoms with E-state index in [-0.39, 0.29) is 12.0 Å². The molecule has 94 valence electrons. The van der Waals surface area contributed by atoms with Crippen LogP contribution in [0.3, 0.4) is 0 Å². The largest absolute Gasteiger partial charge is 0.460 e. The first-order chi connectivity index (χ1) is 7.14. The van der Waals surface area contributed by atoms with Crippen LogP contribution in [0.5, 0.6) is 0 Å². The van der Waals surface area contributed by atoms with Crippen LogP contribution >= 0.6 is 0 Å². The minimum atomic E-state index is -5.23. The summed E-state index contributed by atoms with van der Waals surface area (Å²) < 4.78 is 54.4. The third kappa shape index (κ3) is 3.83. The highest BCUT2D eigenvalue weighted by Gasteiger charge is 2.59. The zero-order chi connectivity index (χ0) is 13.0. The lowest BCUT2D eigenvalue weighted by Crippen LogP contribution is -2.45. The van der Waals surface area contributed by atoms with Gasteiger partial charge < -0.3 is 4.74 Å². The van der Waals surface area contributed by atoms with Crippen LogP contribution in [0.25, 0.3) is 0 Å². The smallest absolute Gasteiger partial charge is 0.416 e. The maximum absolute atomic E-state index is 13.5. The van der Waals surface area contributed by atoms with Crippen LogP contribution in [0.4, 0.5) is 17.6 Å². The van der Waals surface area contributed by atoms with E-state index in [1.54, 1.807) is 6.92 Å². The number of halogens is 4. The first-order valence-electron chi connectivity index (χ1n) is 4.78. The number of hydrogen-bond acceptors (Lipinski definition) is 2. The molecule has 0 amide bonds. The van der Waals surface area contributed by atoms with Gasteiger partial charge in [-0.3, -0.25) is 0 Å². The molecular formula is C10H14F4O2. The molecule has 1 atom stereocenters. The van der Waals surface area contributed by atoms with Crippen LogP contribution in [-0.2, 0) is 9.53 Å². The van der Waals surface area contributed by atoms with E-state index >= 15 is 0 Å². The van der Waals surface area contributed by atoms with Gasteiger partial charge in [-0.05, 0) is 13.3 Å². The molecule has 0 N–H and O–H groups in total. The average molecular weight is 242 g/mol. The SMILES string of the molecule is C=C(C)C(=O)OC(F)(CCCC)C(F)(F)F. The Kier molecular flexibility index (Phi) is 4.96. The summed E-state index contributed by atoms with van der Waals surface area (Å²) >= 11 is 0. The Morgan fingerprint density at radius 2 is 1.81 bits per heavy atom. The molecule has 2 nitrogen and oxygen atoms in total. The molecule has 0 aliphatic heterocycles.